The summed E-state index contributed by atoms with van der Waals surface area (Å²) >= 11 is 0. The minimum absolute atomic E-state index is 0.156. The molecule has 0 unspecified atom stereocenters. The highest BCUT2D eigenvalue weighted by Gasteiger charge is 2.27. The van der Waals surface area contributed by atoms with Gasteiger partial charge in [0.25, 0.3) is 0 Å². The SMILES string of the molecule is COc1ccc(CNC(=O)C(=O)NC[C@H](c2ccco2)N2CCc3ccccc3C2)cc1. The zero-order valence-corrected chi connectivity index (χ0v) is 18.0. The predicted octanol–water partition coefficient (Wildman–Crippen LogP) is 2.82. The van der Waals surface area contributed by atoms with Crippen LogP contribution in [0.5, 0.6) is 5.75 Å². The van der Waals surface area contributed by atoms with E-state index in [4.69, 9.17) is 9.15 Å². The molecule has 7 nitrogen and oxygen atoms in total. The average Bonchev–Trinajstić information content (AvgIpc) is 3.37. The summed E-state index contributed by atoms with van der Waals surface area (Å²) in [6, 6.07) is 19.3. The van der Waals surface area contributed by atoms with Crippen LogP contribution in [-0.2, 0) is 29.1 Å². The predicted molar refractivity (Wildman–Crippen MR) is 120 cm³/mol. The Morgan fingerprint density at radius 3 is 2.47 bits per heavy atom. The van der Waals surface area contributed by atoms with Crippen LogP contribution in [0.25, 0.3) is 0 Å². The second kappa shape index (κ2) is 10.2. The molecule has 2 aromatic carbocycles. The van der Waals surface area contributed by atoms with Gasteiger partial charge in [-0.2, -0.15) is 0 Å². The first-order valence-corrected chi connectivity index (χ1v) is 10.7. The van der Waals surface area contributed by atoms with Gasteiger partial charge in [-0.3, -0.25) is 14.5 Å². The number of fused-ring (bicyclic) bond motifs is 1. The molecule has 0 bridgehead atoms. The van der Waals surface area contributed by atoms with Gasteiger partial charge in [-0.25, -0.2) is 0 Å². The molecule has 0 aliphatic carbocycles. The van der Waals surface area contributed by atoms with Crippen LogP contribution >= 0.6 is 0 Å². The number of ether oxygens (including phenoxy) is 1. The van der Waals surface area contributed by atoms with Crippen LogP contribution in [0.1, 0.15) is 28.5 Å². The number of furan rings is 1. The summed E-state index contributed by atoms with van der Waals surface area (Å²) in [5, 5.41) is 5.43. The van der Waals surface area contributed by atoms with Crippen molar-refractivity contribution in [2.45, 2.75) is 25.6 Å². The van der Waals surface area contributed by atoms with Gasteiger partial charge in [-0.1, -0.05) is 36.4 Å². The average molecular weight is 434 g/mol. The molecule has 32 heavy (non-hydrogen) atoms. The van der Waals surface area contributed by atoms with E-state index in [0.29, 0.717) is 0 Å². The van der Waals surface area contributed by atoms with Gasteiger partial charge in [-0.05, 0) is 47.4 Å². The minimum Gasteiger partial charge on any atom is -0.497 e. The second-order valence-electron chi connectivity index (χ2n) is 7.76. The number of nitrogens with one attached hydrogen (secondary N) is 2. The number of amides is 2. The zero-order valence-electron chi connectivity index (χ0n) is 18.0. The quantitative estimate of drug-likeness (QED) is 0.560. The summed E-state index contributed by atoms with van der Waals surface area (Å²) in [6.07, 6.45) is 2.56. The fraction of sp³-hybridized carbons (Fsp3) is 0.280. The van der Waals surface area contributed by atoms with Crippen LogP contribution in [0.4, 0.5) is 0 Å². The van der Waals surface area contributed by atoms with Gasteiger partial charge in [0.2, 0.25) is 0 Å². The third-order valence-corrected chi connectivity index (χ3v) is 5.75. The van der Waals surface area contributed by atoms with Gasteiger partial charge >= 0.3 is 11.8 Å². The number of benzene rings is 2. The van der Waals surface area contributed by atoms with Crippen LogP contribution in [0.15, 0.2) is 71.3 Å². The number of carbonyl (C=O) groups is 2. The molecule has 4 rings (SSSR count). The van der Waals surface area contributed by atoms with Gasteiger partial charge < -0.3 is 19.8 Å². The van der Waals surface area contributed by atoms with Crippen molar-refractivity contribution < 1.29 is 18.7 Å². The summed E-state index contributed by atoms with van der Waals surface area (Å²) in [6.45, 7) is 2.16. The highest BCUT2D eigenvalue weighted by atomic mass is 16.5. The topological polar surface area (TPSA) is 83.8 Å². The zero-order chi connectivity index (χ0) is 22.3. The normalized spacial score (nSPS) is 14.3. The maximum absolute atomic E-state index is 12.4. The van der Waals surface area contributed by atoms with Crippen molar-refractivity contribution in [2.75, 3.05) is 20.2 Å². The highest BCUT2D eigenvalue weighted by Crippen LogP contribution is 2.27. The van der Waals surface area contributed by atoms with Gasteiger partial charge in [0.05, 0.1) is 19.4 Å². The maximum atomic E-state index is 12.4. The van der Waals surface area contributed by atoms with E-state index < -0.39 is 11.8 Å². The number of nitrogens with zero attached hydrogens (tertiary/aromatic N) is 1. The van der Waals surface area contributed by atoms with Gasteiger partial charge in [0, 0.05) is 26.2 Å². The highest BCUT2D eigenvalue weighted by molar-refractivity contribution is 6.35. The molecule has 1 aliphatic heterocycles. The van der Waals surface area contributed by atoms with Crippen LogP contribution in [-0.4, -0.2) is 36.9 Å². The Kier molecular flexibility index (Phi) is 6.87. The minimum atomic E-state index is -0.664. The number of hydrogen-bond donors (Lipinski definition) is 2. The first-order valence-electron chi connectivity index (χ1n) is 10.7. The molecule has 2 amide bonds. The molecule has 3 aromatic rings. The van der Waals surface area contributed by atoms with Crippen LogP contribution in [0.3, 0.4) is 0 Å². The fourth-order valence-corrected chi connectivity index (χ4v) is 3.95. The van der Waals surface area contributed by atoms with Crippen molar-refractivity contribution in [3.63, 3.8) is 0 Å². The smallest absolute Gasteiger partial charge is 0.309 e. The molecule has 0 saturated carbocycles. The second-order valence-corrected chi connectivity index (χ2v) is 7.76. The number of methoxy groups -OCH3 is 1. The lowest BCUT2D eigenvalue weighted by molar-refractivity contribution is -0.139. The van der Waals surface area contributed by atoms with Crippen molar-refractivity contribution in [3.8, 4) is 5.75 Å². The van der Waals surface area contributed by atoms with E-state index in [9.17, 15) is 9.59 Å². The molecule has 0 spiro atoms. The molecule has 2 N–H and O–H groups in total. The maximum Gasteiger partial charge on any atom is 0.309 e. The molecule has 2 heterocycles. The molecule has 166 valence electrons. The molecule has 0 saturated heterocycles. The third-order valence-electron chi connectivity index (χ3n) is 5.75. The summed E-state index contributed by atoms with van der Waals surface area (Å²) < 4.78 is 10.8. The van der Waals surface area contributed by atoms with Gasteiger partial charge in [-0.15, -0.1) is 0 Å². The van der Waals surface area contributed by atoms with E-state index in [1.165, 1.54) is 11.1 Å². The molecular weight excluding hydrogens is 406 g/mol. The Morgan fingerprint density at radius 2 is 1.75 bits per heavy atom. The Labute approximate surface area is 187 Å². The van der Waals surface area contributed by atoms with Crippen molar-refractivity contribution >= 4 is 11.8 Å². The standard InChI is InChI=1S/C25H27N3O4/c1-31-21-10-8-18(9-11-21)15-26-24(29)25(30)27-16-22(23-7-4-14-32-23)28-13-12-19-5-2-3-6-20(19)17-28/h2-11,14,22H,12-13,15-17H2,1H3,(H,26,29)(H,27,30)/t22-/m1/s1. The molecule has 0 radical (unpaired) electrons. The van der Waals surface area contributed by atoms with Crippen molar-refractivity contribution in [3.05, 3.63) is 89.4 Å². The number of carbonyl (C=O) groups excluding carboxylic acids is 2. The van der Waals surface area contributed by atoms with E-state index in [1.54, 1.807) is 13.4 Å². The van der Waals surface area contributed by atoms with E-state index in [0.717, 1.165) is 36.6 Å². The van der Waals surface area contributed by atoms with Crippen LogP contribution in [0.2, 0.25) is 0 Å². The van der Waals surface area contributed by atoms with Crippen molar-refractivity contribution in [1.29, 1.82) is 0 Å². The van der Waals surface area contributed by atoms with E-state index >= 15 is 0 Å². The Hall–Kier alpha value is -3.58. The lowest BCUT2D eigenvalue weighted by atomic mass is 9.98. The van der Waals surface area contributed by atoms with E-state index in [2.05, 4.69) is 33.7 Å². The summed E-state index contributed by atoms with van der Waals surface area (Å²) in [5.74, 6) is 0.181. The first-order chi connectivity index (χ1) is 15.6. The first kappa shape index (κ1) is 21.6. The Bertz CT molecular complexity index is 1050. The molecule has 1 aromatic heterocycles. The number of hydrogen-bond acceptors (Lipinski definition) is 5. The Morgan fingerprint density at radius 1 is 1.00 bits per heavy atom. The molecule has 1 atom stereocenters. The summed E-state index contributed by atoms with van der Waals surface area (Å²) in [7, 11) is 1.60. The van der Waals surface area contributed by atoms with Gasteiger partial charge in [0.15, 0.2) is 0 Å². The monoisotopic (exact) mass is 433 g/mol. The summed E-state index contributed by atoms with van der Waals surface area (Å²) in [5.41, 5.74) is 3.51. The van der Waals surface area contributed by atoms with Crippen LogP contribution < -0.4 is 15.4 Å². The molecule has 7 heteroatoms. The Balaban J connectivity index is 1.34. The van der Waals surface area contributed by atoms with Crippen molar-refractivity contribution in [2.24, 2.45) is 0 Å². The molecular formula is C25H27N3O4. The lowest BCUT2D eigenvalue weighted by Gasteiger charge is -2.34. The summed E-state index contributed by atoms with van der Waals surface area (Å²) in [4.78, 5) is 27.0. The lowest BCUT2D eigenvalue weighted by Crippen LogP contribution is -2.45. The van der Waals surface area contributed by atoms with Gasteiger partial charge in [0.1, 0.15) is 11.5 Å². The largest absolute Gasteiger partial charge is 0.497 e. The van der Waals surface area contributed by atoms with Crippen LogP contribution in [0, 0.1) is 0 Å². The van der Waals surface area contributed by atoms with E-state index in [1.807, 2.05) is 42.5 Å². The fourth-order valence-electron chi connectivity index (χ4n) is 3.95. The van der Waals surface area contributed by atoms with E-state index in [-0.39, 0.29) is 19.1 Å². The van der Waals surface area contributed by atoms with Crippen molar-refractivity contribution in [1.82, 2.24) is 15.5 Å². The third kappa shape index (κ3) is 5.18. The number of rotatable bonds is 7. The molecule has 0 fully saturated rings. The molecule has 1 aliphatic rings.